The van der Waals surface area contributed by atoms with E-state index in [2.05, 4.69) is 27.7 Å². The Bertz CT molecular complexity index is 1140. The van der Waals surface area contributed by atoms with Gasteiger partial charge in [-0.05, 0) is 170 Å². The summed E-state index contributed by atoms with van der Waals surface area (Å²) in [6.45, 7) is 12.7. The molecule has 8 rings (SSSR count). The zero-order chi connectivity index (χ0) is 29.4. The fraction of sp³-hybridized carbons (Fsp3) is 0.947. The highest BCUT2D eigenvalue weighted by atomic mass is 16.6. The molecule has 8 fully saturated rings. The second-order valence-electron chi connectivity index (χ2n) is 18.2. The van der Waals surface area contributed by atoms with Crippen LogP contribution in [0, 0.1) is 81.8 Å². The Labute approximate surface area is 255 Å². The first-order valence-electron chi connectivity index (χ1n) is 18.4. The highest BCUT2D eigenvalue weighted by Crippen LogP contribution is 2.72. The second kappa shape index (κ2) is 9.24. The summed E-state index contributed by atoms with van der Waals surface area (Å²) in [5.74, 6) is 9.49. The van der Waals surface area contributed by atoms with Gasteiger partial charge in [-0.2, -0.15) is 0 Å². The third-order valence-electron chi connectivity index (χ3n) is 16.2. The lowest BCUT2D eigenvalue weighted by Gasteiger charge is -2.48. The molecule has 0 radical (unpaired) electrons. The van der Waals surface area contributed by atoms with Crippen LogP contribution in [0.2, 0.25) is 0 Å². The van der Waals surface area contributed by atoms with Gasteiger partial charge in [-0.25, -0.2) is 0 Å². The Balaban J connectivity index is 0.968. The molecule has 0 heterocycles. The second-order valence-corrected chi connectivity index (χ2v) is 18.2. The lowest BCUT2D eigenvalue weighted by Crippen LogP contribution is -2.51. The van der Waals surface area contributed by atoms with Gasteiger partial charge in [0.25, 0.3) is 0 Å². The Morgan fingerprint density at radius 1 is 0.619 bits per heavy atom. The summed E-state index contributed by atoms with van der Waals surface area (Å²) in [6.07, 6.45) is 16.3. The number of esters is 2. The molecule has 15 unspecified atom stereocenters. The fourth-order valence-corrected chi connectivity index (χ4v) is 14.6. The van der Waals surface area contributed by atoms with Gasteiger partial charge in [0.15, 0.2) is 0 Å². The minimum absolute atomic E-state index is 0.0602. The van der Waals surface area contributed by atoms with Crippen LogP contribution in [-0.2, 0) is 19.1 Å². The van der Waals surface area contributed by atoms with Crippen LogP contribution in [0.3, 0.4) is 0 Å². The van der Waals surface area contributed by atoms with Gasteiger partial charge in [0, 0.05) is 11.8 Å². The van der Waals surface area contributed by atoms with Crippen LogP contribution in [0.4, 0.5) is 0 Å². The van der Waals surface area contributed by atoms with Crippen molar-refractivity contribution in [2.75, 3.05) is 0 Å². The van der Waals surface area contributed by atoms with Gasteiger partial charge in [-0.15, -0.1) is 0 Å². The first-order chi connectivity index (χ1) is 20.0. The van der Waals surface area contributed by atoms with Crippen LogP contribution < -0.4 is 0 Å². The molecular weight excluding hydrogens is 520 g/mol. The average Bonchev–Trinajstić information content (AvgIpc) is 3.81. The Morgan fingerprint density at radius 2 is 1.05 bits per heavy atom. The van der Waals surface area contributed by atoms with Crippen LogP contribution >= 0.6 is 0 Å². The van der Waals surface area contributed by atoms with E-state index in [9.17, 15) is 9.59 Å². The Morgan fingerprint density at radius 3 is 1.48 bits per heavy atom. The molecule has 0 aromatic rings. The molecule has 0 amide bonds. The third-order valence-corrected chi connectivity index (χ3v) is 16.2. The molecule has 4 heteroatoms. The molecule has 8 bridgehead atoms. The van der Waals surface area contributed by atoms with Crippen LogP contribution in [0.25, 0.3) is 0 Å². The zero-order valence-corrected chi connectivity index (χ0v) is 27.5. The van der Waals surface area contributed by atoms with Gasteiger partial charge in [0.1, 0.15) is 11.2 Å². The maximum atomic E-state index is 14.2. The van der Waals surface area contributed by atoms with E-state index in [0.717, 1.165) is 84.9 Å². The number of carbonyl (C=O) groups excluding carboxylic acids is 2. The molecule has 0 aliphatic heterocycles. The van der Waals surface area contributed by atoms with Crippen molar-refractivity contribution in [1.82, 2.24) is 0 Å². The summed E-state index contributed by atoms with van der Waals surface area (Å²) >= 11 is 0. The van der Waals surface area contributed by atoms with E-state index < -0.39 is 10.8 Å². The van der Waals surface area contributed by atoms with Crippen molar-refractivity contribution in [3.63, 3.8) is 0 Å². The Kier molecular flexibility index (Phi) is 6.25. The molecule has 0 N–H and O–H groups in total. The first kappa shape index (κ1) is 28.4. The minimum atomic E-state index is -0.731. The molecule has 234 valence electrons. The maximum absolute atomic E-state index is 14.2. The van der Waals surface area contributed by atoms with Crippen molar-refractivity contribution in [2.45, 2.75) is 143 Å². The smallest absolute Gasteiger partial charge is 0.312 e. The van der Waals surface area contributed by atoms with Gasteiger partial charge in [0.05, 0.1) is 10.8 Å². The van der Waals surface area contributed by atoms with E-state index in [1.54, 1.807) is 0 Å². The molecule has 4 nitrogen and oxygen atoms in total. The van der Waals surface area contributed by atoms with E-state index >= 15 is 0 Å². The number of ether oxygens (including phenoxy) is 2. The van der Waals surface area contributed by atoms with Crippen molar-refractivity contribution in [1.29, 1.82) is 0 Å². The van der Waals surface area contributed by atoms with Gasteiger partial charge < -0.3 is 9.47 Å². The summed E-state index contributed by atoms with van der Waals surface area (Å²) < 4.78 is 13.5. The first-order valence-corrected chi connectivity index (χ1v) is 18.4. The lowest BCUT2D eigenvalue weighted by molar-refractivity contribution is -0.191. The maximum Gasteiger partial charge on any atom is 0.312 e. The molecule has 8 aliphatic carbocycles. The van der Waals surface area contributed by atoms with Crippen molar-refractivity contribution >= 4 is 11.9 Å². The summed E-state index contributed by atoms with van der Waals surface area (Å²) in [4.78, 5) is 28.4. The van der Waals surface area contributed by atoms with Gasteiger partial charge in [-0.1, -0.05) is 20.8 Å². The third kappa shape index (κ3) is 3.65. The molecule has 8 aliphatic rings. The summed E-state index contributed by atoms with van der Waals surface area (Å²) in [5.41, 5.74) is -2.00. The molecule has 0 aromatic heterocycles. The van der Waals surface area contributed by atoms with Crippen molar-refractivity contribution in [3.05, 3.63) is 0 Å². The molecular formula is C38H58O4. The highest BCUT2D eigenvalue weighted by molar-refractivity contribution is 5.81. The van der Waals surface area contributed by atoms with Crippen molar-refractivity contribution in [2.24, 2.45) is 81.8 Å². The fourth-order valence-electron chi connectivity index (χ4n) is 14.6. The topological polar surface area (TPSA) is 52.6 Å². The van der Waals surface area contributed by atoms with Crippen LogP contribution in [-0.4, -0.2) is 23.1 Å². The molecule has 15 atom stereocenters. The lowest BCUT2D eigenvalue weighted by atomic mass is 9.64. The minimum Gasteiger partial charge on any atom is -0.458 e. The molecule has 0 saturated heterocycles. The number of carbonyl (C=O) groups is 2. The monoisotopic (exact) mass is 578 g/mol. The number of hydrogen-bond acceptors (Lipinski definition) is 4. The van der Waals surface area contributed by atoms with Crippen LogP contribution in [0.15, 0.2) is 0 Å². The van der Waals surface area contributed by atoms with Gasteiger partial charge in [0.2, 0.25) is 0 Å². The summed E-state index contributed by atoms with van der Waals surface area (Å²) in [7, 11) is 0. The van der Waals surface area contributed by atoms with Crippen LogP contribution in [0.5, 0.6) is 0 Å². The predicted molar refractivity (Wildman–Crippen MR) is 163 cm³/mol. The summed E-state index contributed by atoms with van der Waals surface area (Å²) in [5, 5.41) is 0. The zero-order valence-electron chi connectivity index (χ0n) is 27.5. The van der Waals surface area contributed by atoms with Gasteiger partial charge >= 0.3 is 11.9 Å². The normalized spacial score (nSPS) is 52.0. The quantitative estimate of drug-likeness (QED) is 0.203. The average molecular weight is 579 g/mol. The van der Waals surface area contributed by atoms with Crippen LogP contribution in [0.1, 0.15) is 131 Å². The standard InChI is InChI=1S/C38H58O4/c1-7-36(6,34(40)42-38(9-3)19-26-17-28(38)32-24-13-11-22(15-24)30(26)32)20-35(4,5)33(39)41-37(8-2)18-25-16-27(37)31-23-12-10-21(14-23)29(25)31/h21-32H,7-20H2,1-6H3. The van der Waals surface area contributed by atoms with E-state index in [1.165, 1.54) is 51.4 Å². The largest absolute Gasteiger partial charge is 0.458 e. The van der Waals surface area contributed by atoms with Gasteiger partial charge in [-0.3, -0.25) is 9.59 Å². The molecule has 0 aromatic carbocycles. The summed E-state index contributed by atoms with van der Waals surface area (Å²) in [6, 6.07) is 0. The van der Waals surface area contributed by atoms with E-state index in [4.69, 9.17) is 9.47 Å². The molecule has 0 spiro atoms. The molecule has 8 saturated carbocycles. The van der Waals surface area contributed by atoms with E-state index in [1.807, 2.05) is 13.8 Å². The van der Waals surface area contributed by atoms with E-state index in [-0.39, 0.29) is 23.1 Å². The molecule has 42 heavy (non-hydrogen) atoms. The Hall–Kier alpha value is -1.06. The predicted octanol–water partition coefficient (Wildman–Crippen LogP) is 8.61. The SMILES string of the molecule is CCC(C)(CC(C)(C)C(=O)OC1(CC)CC2CC1C1C3CCC(C3)C21)C(=O)OC1(CC)CC2CC1C1C3CCC(C3)C21. The number of hydrogen-bond donors (Lipinski definition) is 0. The number of fused-ring (bicyclic) bond motifs is 18. The van der Waals surface area contributed by atoms with Crippen molar-refractivity contribution < 1.29 is 19.1 Å². The highest BCUT2D eigenvalue weighted by Gasteiger charge is 2.69. The number of rotatable bonds is 9. The van der Waals surface area contributed by atoms with Crippen molar-refractivity contribution in [3.8, 4) is 0 Å². The van der Waals surface area contributed by atoms with E-state index in [0.29, 0.717) is 24.7 Å².